The van der Waals surface area contributed by atoms with E-state index in [4.69, 9.17) is 11.6 Å². The van der Waals surface area contributed by atoms with E-state index in [1.54, 1.807) is 0 Å². The van der Waals surface area contributed by atoms with Gasteiger partial charge in [-0.1, -0.05) is 42.8 Å². The highest BCUT2D eigenvalue weighted by Gasteiger charge is 2.20. The Morgan fingerprint density at radius 2 is 1.96 bits per heavy atom. The number of nitrogens with one attached hydrogen (secondary N) is 1. The van der Waals surface area contributed by atoms with Gasteiger partial charge in [-0.15, -0.1) is 0 Å². The summed E-state index contributed by atoms with van der Waals surface area (Å²) in [5.74, 6) is 0.236. The van der Waals surface area contributed by atoms with E-state index in [0.29, 0.717) is 6.54 Å². The van der Waals surface area contributed by atoms with Crippen molar-refractivity contribution in [3.05, 3.63) is 74.3 Å². The minimum absolute atomic E-state index is 0.0339. The van der Waals surface area contributed by atoms with Crippen molar-refractivity contribution in [1.82, 2.24) is 10.2 Å². The zero-order valence-electron chi connectivity index (χ0n) is 15.9. The highest BCUT2D eigenvalue weighted by molar-refractivity contribution is 6.31. The molecule has 7 heteroatoms. The van der Waals surface area contributed by atoms with E-state index >= 15 is 0 Å². The molecule has 0 saturated carbocycles. The van der Waals surface area contributed by atoms with Gasteiger partial charge in [-0.3, -0.25) is 19.8 Å². The second-order valence-corrected chi connectivity index (χ2v) is 7.84. The van der Waals surface area contributed by atoms with Crippen LogP contribution in [0.2, 0.25) is 5.02 Å². The number of hydrogen-bond donors (Lipinski definition) is 1. The van der Waals surface area contributed by atoms with Gasteiger partial charge in [0.05, 0.1) is 4.92 Å². The van der Waals surface area contributed by atoms with E-state index in [0.717, 1.165) is 31.1 Å². The van der Waals surface area contributed by atoms with E-state index in [1.165, 1.54) is 36.6 Å². The van der Waals surface area contributed by atoms with Crippen molar-refractivity contribution in [3.63, 3.8) is 0 Å². The highest BCUT2D eigenvalue weighted by Crippen LogP contribution is 2.23. The third-order valence-electron chi connectivity index (χ3n) is 5.02. The third-order valence-corrected chi connectivity index (χ3v) is 5.26. The Morgan fingerprint density at radius 3 is 2.64 bits per heavy atom. The van der Waals surface area contributed by atoms with Gasteiger partial charge in [-0.2, -0.15) is 0 Å². The number of carbonyl (C=O) groups is 1. The Morgan fingerprint density at radius 1 is 1.25 bits per heavy atom. The summed E-state index contributed by atoms with van der Waals surface area (Å²) in [6.45, 7) is 5.80. The molecule has 1 atom stereocenters. The summed E-state index contributed by atoms with van der Waals surface area (Å²) in [6, 6.07) is 12.1. The number of nitrogens with zero attached hydrogens (tertiary/aromatic N) is 2. The van der Waals surface area contributed by atoms with Crippen LogP contribution in [0, 0.1) is 16.0 Å². The zero-order valence-corrected chi connectivity index (χ0v) is 16.6. The predicted octanol–water partition coefficient (Wildman–Crippen LogP) is 4.41. The quantitative estimate of drug-likeness (QED) is 0.574. The van der Waals surface area contributed by atoms with E-state index in [1.807, 2.05) is 12.1 Å². The van der Waals surface area contributed by atoms with Crippen LogP contribution in [0.1, 0.15) is 41.3 Å². The molecule has 0 aliphatic carbocycles. The maximum atomic E-state index is 12.4. The molecule has 1 heterocycles. The lowest BCUT2D eigenvalue weighted by Gasteiger charge is -2.30. The molecule has 0 bridgehead atoms. The van der Waals surface area contributed by atoms with Crippen molar-refractivity contribution < 1.29 is 9.72 Å². The molecule has 1 unspecified atom stereocenters. The first-order valence-electron chi connectivity index (χ1n) is 9.44. The first-order valence-corrected chi connectivity index (χ1v) is 9.82. The molecule has 1 saturated heterocycles. The Hall–Kier alpha value is -2.44. The average molecular weight is 402 g/mol. The molecule has 1 aliphatic heterocycles. The van der Waals surface area contributed by atoms with Crippen molar-refractivity contribution in [2.45, 2.75) is 32.9 Å². The lowest BCUT2D eigenvalue weighted by Crippen LogP contribution is -2.33. The molecule has 0 radical (unpaired) electrons. The normalized spacial score (nSPS) is 17.3. The lowest BCUT2D eigenvalue weighted by atomic mass is 9.99. The summed E-state index contributed by atoms with van der Waals surface area (Å²) < 4.78 is 0. The Bertz CT molecular complexity index is 854. The van der Waals surface area contributed by atoms with Crippen LogP contribution in [0.3, 0.4) is 0 Å². The Balaban J connectivity index is 1.58. The van der Waals surface area contributed by atoms with Gasteiger partial charge in [0.15, 0.2) is 0 Å². The van der Waals surface area contributed by atoms with Crippen LogP contribution < -0.4 is 5.32 Å². The van der Waals surface area contributed by atoms with Crippen LogP contribution in [0.4, 0.5) is 5.69 Å². The largest absolute Gasteiger partial charge is 0.348 e. The molecule has 1 N–H and O–H groups in total. The van der Waals surface area contributed by atoms with Gasteiger partial charge in [-0.25, -0.2) is 0 Å². The van der Waals surface area contributed by atoms with Gasteiger partial charge >= 0.3 is 0 Å². The second kappa shape index (κ2) is 9.17. The van der Waals surface area contributed by atoms with Crippen LogP contribution in [0.5, 0.6) is 0 Å². The minimum atomic E-state index is -0.582. The van der Waals surface area contributed by atoms with Crippen LogP contribution in [0.25, 0.3) is 0 Å². The summed E-state index contributed by atoms with van der Waals surface area (Å²) in [5.41, 5.74) is 1.89. The molecular formula is C21H24ClN3O3. The van der Waals surface area contributed by atoms with Crippen LogP contribution >= 0.6 is 11.6 Å². The number of amides is 1. The summed E-state index contributed by atoms with van der Waals surface area (Å²) >= 11 is 5.88. The lowest BCUT2D eigenvalue weighted by molar-refractivity contribution is -0.385. The van der Waals surface area contributed by atoms with Crippen LogP contribution in [0.15, 0.2) is 42.5 Å². The zero-order chi connectivity index (χ0) is 20.1. The SMILES string of the molecule is CC1CCCN(Cc2ccc(CNC(=O)c3cc(Cl)ccc3[N+](=O)[O-])cc2)C1. The van der Waals surface area contributed by atoms with E-state index in [-0.39, 0.29) is 16.3 Å². The number of likely N-dealkylation sites (tertiary alicyclic amines) is 1. The fourth-order valence-electron chi connectivity index (χ4n) is 3.58. The van der Waals surface area contributed by atoms with Gasteiger partial charge in [0.25, 0.3) is 11.6 Å². The average Bonchev–Trinajstić information content (AvgIpc) is 2.67. The first kappa shape index (κ1) is 20.3. The standard InChI is InChI=1S/C21H24ClN3O3/c1-15-3-2-10-24(13-15)14-17-6-4-16(5-7-17)12-23-21(26)19-11-18(22)8-9-20(19)25(27)28/h4-9,11,15H,2-3,10,12-14H2,1H3,(H,23,26). The summed E-state index contributed by atoms with van der Waals surface area (Å²) in [6.07, 6.45) is 2.56. The van der Waals surface area contributed by atoms with Gasteiger partial charge < -0.3 is 5.32 Å². The number of rotatable bonds is 6. The first-order chi connectivity index (χ1) is 13.4. The maximum absolute atomic E-state index is 12.4. The molecule has 0 spiro atoms. The number of benzene rings is 2. The molecule has 1 amide bonds. The van der Waals surface area contributed by atoms with Crippen molar-refractivity contribution >= 4 is 23.2 Å². The number of halogens is 1. The molecular weight excluding hydrogens is 378 g/mol. The molecule has 0 aromatic heterocycles. The minimum Gasteiger partial charge on any atom is -0.348 e. The summed E-state index contributed by atoms with van der Waals surface area (Å²) in [4.78, 5) is 25.4. The Kier molecular flexibility index (Phi) is 6.65. The van der Waals surface area contributed by atoms with Crippen LogP contribution in [-0.4, -0.2) is 28.8 Å². The fraction of sp³-hybridized carbons (Fsp3) is 0.381. The fourth-order valence-corrected chi connectivity index (χ4v) is 3.75. The molecule has 1 aliphatic rings. The molecule has 148 valence electrons. The van der Waals surface area contributed by atoms with Gasteiger partial charge in [0, 0.05) is 30.7 Å². The topological polar surface area (TPSA) is 75.5 Å². The molecule has 1 fully saturated rings. The third kappa shape index (κ3) is 5.30. The smallest absolute Gasteiger partial charge is 0.282 e. The maximum Gasteiger partial charge on any atom is 0.282 e. The van der Waals surface area contributed by atoms with Gasteiger partial charge in [-0.05, 0) is 48.6 Å². The number of nitro benzene ring substituents is 1. The molecule has 28 heavy (non-hydrogen) atoms. The molecule has 6 nitrogen and oxygen atoms in total. The highest BCUT2D eigenvalue weighted by atomic mass is 35.5. The van der Waals surface area contributed by atoms with Crippen molar-refractivity contribution in [1.29, 1.82) is 0 Å². The van der Waals surface area contributed by atoms with Crippen molar-refractivity contribution in [2.24, 2.45) is 5.92 Å². The number of hydrogen-bond acceptors (Lipinski definition) is 4. The molecule has 2 aromatic rings. The monoisotopic (exact) mass is 401 g/mol. The van der Waals surface area contributed by atoms with Gasteiger partial charge in [0.1, 0.15) is 5.56 Å². The van der Waals surface area contributed by atoms with Crippen molar-refractivity contribution in [3.8, 4) is 0 Å². The van der Waals surface area contributed by atoms with E-state index < -0.39 is 10.8 Å². The summed E-state index contributed by atoms with van der Waals surface area (Å²) in [7, 11) is 0. The van der Waals surface area contributed by atoms with Crippen LogP contribution in [-0.2, 0) is 13.1 Å². The van der Waals surface area contributed by atoms with E-state index in [9.17, 15) is 14.9 Å². The molecule has 3 rings (SSSR count). The number of piperidine rings is 1. The number of nitro groups is 1. The Labute approximate surface area is 169 Å². The number of carbonyl (C=O) groups excluding carboxylic acids is 1. The predicted molar refractivity (Wildman–Crippen MR) is 109 cm³/mol. The summed E-state index contributed by atoms with van der Waals surface area (Å²) in [5, 5.41) is 14.1. The second-order valence-electron chi connectivity index (χ2n) is 7.40. The van der Waals surface area contributed by atoms with Crippen molar-refractivity contribution in [2.75, 3.05) is 13.1 Å². The van der Waals surface area contributed by atoms with Gasteiger partial charge in [0.2, 0.25) is 0 Å². The van der Waals surface area contributed by atoms with E-state index in [2.05, 4.69) is 29.3 Å². The molecule has 2 aromatic carbocycles.